The first kappa shape index (κ1) is 19.0. The summed E-state index contributed by atoms with van der Waals surface area (Å²) in [4.78, 5) is 12.3. The molecule has 0 spiro atoms. The molecular formula is C21H27NO3. The van der Waals surface area contributed by atoms with Crippen LogP contribution in [0.4, 0.5) is 0 Å². The molecule has 1 N–H and O–H groups in total. The van der Waals surface area contributed by atoms with Gasteiger partial charge in [0.2, 0.25) is 0 Å². The lowest BCUT2D eigenvalue weighted by Gasteiger charge is -2.18. The first-order valence-electron chi connectivity index (χ1n) is 8.73. The van der Waals surface area contributed by atoms with Crippen molar-refractivity contribution in [2.75, 3.05) is 13.2 Å². The van der Waals surface area contributed by atoms with E-state index in [0.29, 0.717) is 26.2 Å². The van der Waals surface area contributed by atoms with E-state index >= 15 is 0 Å². The van der Waals surface area contributed by atoms with Crippen LogP contribution in [0, 0.1) is 13.8 Å². The molecule has 0 bridgehead atoms. The van der Waals surface area contributed by atoms with Gasteiger partial charge in [-0.05, 0) is 49.1 Å². The molecule has 4 nitrogen and oxygen atoms in total. The number of nitrogens with one attached hydrogen (secondary N) is 1. The van der Waals surface area contributed by atoms with E-state index in [-0.39, 0.29) is 5.91 Å². The van der Waals surface area contributed by atoms with Gasteiger partial charge >= 0.3 is 0 Å². The lowest BCUT2D eigenvalue weighted by Crippen LogP contribution is -2.39. The third-order valence-corrected chi connectivity index (χ3v) is 4.08. The number of hydrogen-bond donors (Lipinski definition) is 1. The molecule has 0 saturated heterocycles. The van der Waals surface area contributed by atoms with Crippen LogP contribution in [0.2, 0.25) is 0 Å². The average molecular weight is 341 g/mol. The monoisotopic (exact) mass is 341 g/mol. The summed E-state index contributed by atoms with van der Waals surface area (Å²) >= 11 is 0. The molecule has 0 aliphatic carbocycles. The topological polar surface area (TPSA) is 47.6 Å². The molecule has 1 atom stereocenters. The van der Waals surface area contributed by atoms with Crippen LogP contribution in [-0.2, 0) is 16.1 Å². The minimum Gasteiger partial charge on any atom is -0.481 e. The normalized spacial score (nSPS) is 11.8. The molecule has 0 aromatic heterocycles. The maximum absolute atomic E-state index is 12.3. The second-order valence-corrected chi connectivity index (χ2v) is 6.09. The van der Waals surface area contributed by atoms with Crippen LogP contribution in [0.25, 0.3) is 0 Å². The van der Waals surface area contributed by atoms with Crippen molar-refractivity contribution >= 4 is 5.91 Å². The van der Waals surface area contributed by atoms with Gasteiger partial charge in [0.15, 0.2) is 6.10 Å². The lowest BCUT2D eigenvalue weighted by molar-refractivity contribution is -0.128. The highest BCUT2D eigenvalue weighted by molar-refractivity contribution is 5.81. The third kappa shape index (κ3) is 6.24. The SMILES string of the molecule is CC[C@H](Oc1ccc(C)c(C)c1)C(=O)NCCOCc1ccccc1. The predicted octanol–water partition coefficient (Wildman–Crippen LogP) is 3.79. The number of carbonyl (C=O) groups is 1. The fourth-order valence-corrected chi connectivity index (χ4v) is 2.40. The Hall–Kier alpha value is -2.33. The second kappa shape index (κ2) is 9.84. The Kier molecular flexibility index (Phi) is 7.48. The molecule has 0 unspecified atom stereocenters. The van der Waals surface area contributed by atoms with Crippen LogP contribution in [0.1, 0.15) is 30.0 Å². The molecule has 2 aromatic rings. The van der Waals surface area contributed by atoms with Gasteiger partial charge in [0.1, 0.15) is 5.75 Å². The molecule has 25 heavy (non-hydrogen) atoms. The van der Waals surface area contributed by atoms with E-state index in [1.54, 1.807) is 0 Å². The standard InChI is InChI=1S/C21H27NO3/c1-4-20(25-19-11-10-16(2)17(3)14-19)21(23)22-12-13-24-15-18-8-6-5-7-9-18/h5-11,14,20H,4,12-13,15H2,1-3H3,(H,22,23)/t20-/m0/s1. The van der Waals surface area contributed by atoms with Gasteiger partial charge in [-0.3, -0.25) is 4.79 Å². The molecule has 1 amide bonds. The maximum Gasteiger partial charge on any atom is 0.261 e. The van der Waals surface area contributed by atoms with E-state index in [4.69, 9.17) is 9.47 Å². The zero-order chi connectivity index (χ0) is 18.1. The van der Waals surface area contributed by atoms with Crippen molar-refractivity contribution in [1.29, 1.82) is 0 Å². The summed E-state index contributed by atoms with van der Waals surface area (Å²) in [5, 5.41) is 2.88. The van der Waals surface area contributed by atoms with Gasteiger partial charge in [-0.1, -0.05) is 43.3 Å². The maximum atomic E-state index is 12.3. The smallest absolute Gasteiger partial charge is 0.261 e. The Bertz CT molecular complexity index is 670. The third-order valence-electron chi connectivity index (χ3n) is 4.08. The van der Waals surface area contributed by atoms with Gasteiger partial charge in [-0.2, -0.15) is 0 Å². The van der Waals surface area contributed by atoms with Gasteiger partial charge in [-0.15, -0.1) is 0 Å². The molecule has 0 heterocycles. The molecule has 0 aliphatic heterocycles. The molecule has 0 radical (unpaired) electrons. The van der Waals surface area contributed by atoms with Crippen molar-refractivity contribution in [2.45, 2.75) is 39.9 Å². The van der Waals surface area contributed by atoms with Crippen LogP contribution in [0.3, 0.4) is 0 Å². The molecular weight excluding hydrogens is 314 g/mol. The van der Waals surface area contributed by atoms with Crippen LogP contribution >= 0.6 is 0 Å². The van der Waals surface area contributed by atoms with Gasteiger partial charge in [0.25, 0.3) is 5.91 Å². The second-order valence-electron chi connectivity index (χ2n) is 6.09. The Morgan fingerprint density at radius 3 is 2.52 bits per heavy atom. The van der Waals surface area contributed by atoms with Gasteiger partial charge in [0, 0.05) is 6.54 Å². The van der Waals surface area contributed by atoms with Crippen molar-refractivity contribution in [3.63, 3.8) is 0 Å². The molecule has 134 valence electrons. The Morgan fingerprint density at radius 2 is 1.84 bits per heavy atom. The first-order chi connectivity index (χ1) is 12.1. The van der Waals surface area contributed by atoms with Crippen LogP contribution in [-0.4, -0.2) is 25.2 Å². The molecule has 2 aromatic carbocycles. The van der Waals surface area contributed by atoms with E-state index in [2.05, 4.69) is 12.2 Å². The average Bonchev–Trinajstić information content (AvgIpc) is 2.63. The van der Waals surface area contributed by atoms with Crippen molar-refractivity contribution in [1.82, 2.24) is 5.32 Å². The summed E-state index contributed by atoms with van der Waals surface area (Å²) in [6, 6.07) is 15.9. The van der Waals surface area contributed by atoms with Crippen molar-refractivity contribution in [3.8, 4) is 5.75 Å². The number of carbonyl (C=O) groups excluding carboxylic acids is 1. The number of benzene rings is 2. The summed E-state index contributed by atoms with van der Waals surface area (Å²) in [5.41, 5.74) is 3.49. The number of hydrogen-bond acceptors (Lipinski definition) is 3. The highest BCUT2D eigenvalue weighted by Gasteiger charge is 2.18. The zero-order valence-electron chi connectivity index (χ0n) is 15.2. The molecule has 2 rings (SSSR count). The van der Waals surface area contributed by atoms with Gasteiger partial charge in [-0.25, -0.2) is 0 Å². The lowest BCUT2D eigenvalue weighted by atomic mass is 10.1. The van der Waals surface area contributed by atoms with Crippen LogP contribution < -0.4 is 10.1 Å². The van der Waals surface area contributed by atoms with Crippen LogP contribution in [0.5, 0.6) is 5.75 Å². The summed E-state index contributed by atoms with van der Waals surface area (Å²) in [6.45, 7) is 7.52. The number of aryl methyl sites for hydroxylation is 2. The van der Waals surface area contributed by atoms with E-state index < -0.39 is 6.10 Å². The number of amides is 1. The van der Waals surface area contributed by atoms with Crippen molar-refractivity contribution in [2.24, 2.45) is 0 Å². The molecule has 4 heteroatoms. The molecule has 0 fully saturated rings. The van der Waals surface area contributed by atoms with Gasteiger partial charge < -0.3 is 14.8 Å². The summed E-state index contributed by atoms with van der Waals surface area (Å²) in [5.74, 6) is 0.620. The van der Waals surface area contributed by atoms with E-state index in [1.807, 2.05) is 62.4 Å². The first-order valence-corrected chi connectivity index (χ1v) is 8.73. The molecule has 0 aliphatic rings. The summed E-state index contributed by atoms with van der Waals surface area (Å²) in [7, 11) is 0. The number of ether oxygens (including phenoxy) is 2. The van der Waals surface area contributed by atoms with Crippen molar-refractivity contribution < 1.29 is 14.3 Å². The van der Waals surface area contributed by atoms with E-state index in [9.17, 15) is 4.79 Å². The minimum atomic E-state index is -0.490. The fourth-order valence-electron chi connectivity index (χ4n) is 2.40. The zero-order valence-corrected chi connectivity index (χ0v) is 15.2. The minimum absolute atomic E-state index is 0.107. The summed E-state index contributed by atoms with van der Waals surface area (Å²) < 4.78 is 11.4. The van der Waals surface area contributed by atoms with Crippen LogP contribution in [0.15, 0.2) is 48.5 Å². The quantitative estimate of drug-likeness (QED) is 0.706. The van der Waals surface area contributed by atoms with E-state index in [0.717, 1.165) is 16.9 Å². The summed E-state index contributed by atoms with van der Waals surface area (Å²) in [6.07, 6.45) is 0.125. The predicted molar refractivity (Wildman–Crippen MR) is 99.7 cm³/mol. The highest BCUT2D eigenvalue weighted by Crippen LogP contribution is 2.18. The Labute approximate surface area is 150 Å². The molecule has 0 saturated carbocycles. The Morgan fingerprint density at radius 1 is 1.08 bits per heavy atom. The van der Waals surface area contributed by atoms with Gasteiger partial charge in [0.05, 0.1) is 13.2 Å². The number of rotatable bonds is 9. The Balaban J connectivity index is 1.73. The van der Waals surface area contributed by atoms with E-state index in [1.165, 1.54) is 5.56 Å². The fraction of sp³-hybridized carbons (Fsp3) is 0.381. The highest BCUT2D eigenvalue weighted by atomic mass is 16.5. The van der Waals surface area contributed by atoms with Crippen molar-refractivity contribution in [3.05, 3.63) is 65.2 Å². The largest absolute Gasteiger partial charge is 0.481 e.